The third-order valence-electron chi connectivity index (χ3n) is 2.83. The fourth-order valence-corrected chi connectivity index (χ4v) is 1.70. The highest BCUT2D eigenvalue weighted by Gasteiger charge is 2.09. The van der Waals surface area contributed by atoms with Crippen molar-refractivity contribution in [2.24, 2.45) is 5.73 Å². The molecule has 5 heteroatoms. The molecule has 0 atom stereocenters. The van der Waals surface area contributed by atoms with E-state index in [4.69, 9.17) is 5.73 Å². The van der Waals surface area contributed by atoms with Gasteiger partial charge < -0.3 is 11.1 Å². The van der Waals surface area contributed by atoms with Crippen LogP contribution in [0, 0.1) is 5.82 Å². The minimum Gasteiger partial charge on any atom is -0.358 e. The molecule has 0 saturated carbocycles. The largest absolute Gasteiger partial charge is 0.358 e. The molecule has 1 amide bonds. The van der Waals surface area contributed by atoms with Crippen molar-refractivity contribution in [2.75, 3.05) is 20.1 Å². The Labute approximate surface area is 107 Å². The van der Waals surface area contributed by atoms with E-state index in [-0.39, 0.29) is 18.3 Å². The molecule has 0 heterocycles. The molecule has 1 rings (SSSR count). The molecule has 0 bridgehead atoms. The summed E-state index contributed by atoms with van der Waals surface area (Å²) in [6.07, 6.45) is 0. The minimum absolute atomic E-state index is 0.0296. The number of halogens is 1. The molecule has 0 aromatic heterocycles. The molecule has 0 fully saturated rings. The van der Waals surface area contributed by atoms with Gasteiger partial charge in [-0.25, -0.2) is 4.39 Å². The van der Waals surface area contributed by atoms with Gasteiger partial charge in [0.25, 0.3) is 0 Å². The number of amides is 1. The molecule has 4 nitrogen and oxygen atoms in total. The second-order valence-corrected chi connectivity index (χ2v) is 4.11. The Kier molecular flexibility index (Phi) is 5.74. The van der Waals surface area contributed by atoms with Crippen LogP contribution >= 0.6 is 0 Å². The number of hydrogen-bond donors (Lipinski definition) is 2. The lowest BCUT2D eigenvalue weighted by Crippen LogP contribution is -2.35. The van der Waals surface area contributed by atoms with E-state index < -0.39 is 0 Å². The molecule has 18 heavy (non-hydrogen) atoms. The van der Waals surface area contributed by atoms with Gasteiger partial charge in [0.15, 0.2) is 0 Å². The molecule has 1 aromatic rings. The summed E-state index contributed by atoms with van der Waals surface area (Å²) in [5.41, 5.74) is 6.93. The Morgan fingerprint density at radius 3 is 2.78 bits per heavy atom. The number of benzene rings is 1. The van der Waals surface area contributed by atoms with Gasteiger partial charge in [-0.3, -0.25) is 9.69 Å². The molecular formula is C13H20FN3O. The second kappa shape index (κ2) is 7.08. The van der Waals surface area contributed by atoms with Crippen molar-refractivity contribution in [1.29, 1.82) is 0 Å². The number of rotatable bonds is 6. The number of carbonyl (C=O) groups is 1. The van der Waals surface area contributed by atoms with Crippen LogP contribution in [0.4, 0.5) is 4.39 Å². The normalized spacial score (nSPS) is 10.7. The highest BCUT2D eigenvalue weighted by Crippen LogP contribution is 2.12. The second-order valence-electron chi connectivity index (χ2n) is 4.11. The van der Waals surface area contributed by atoms with Crippen LogP contribution in [0.2, 0.25) is 0 Å². The van der Waals surface area contributed by atoms with E-state index in [1.165, 1.54) is 6.07 Å². The predicted molar refractivity (Wildman–Crippen MR) is 69.3 cm³/mol. The van der Waals surface area contributed by atoms with E-state index in [0.717, 1.165) is 12.1 Å². The van der Waals surface area contributed by atoms with Crippen molar-refractivity contribution in [3.63, 3.8) is 0 Å². The van der Waals surface area contributed by atoms with E-state index in [0.29, 0.717) is 18.7 Å². The lowest BCUT2D eigenvalue weighted by Gasteiger charge is -2.19. The van der Waals surface area contributed by atoms with E-state index in [2.05, 4.69) is 5.32 Å². The van der Waals surface area contributed by atoms with Crippen molar-refractivity contribution in [1.82, 2.24) is 10.2 Å². The zero-order chi connectivity index (χ0) is 13.5. The highest BCUT2D eigenvalue weighted by molar-refractivity contribution is 5.77. The van der Waals surface area contributed by atoms with Crippen LogP contribution in [-0.2, 0) is 17.9 Å². The van der Waals surface area contributed by atoms with Gasteiger partial charge in [0.05, 0.1) is 6.54 Å². The standard InChI is InChI=1S/C13H20FN3O/c1-3-17(9-13(18)16-2)8-10-4-5-12(14)11(6-10)7-15/h4-6H,3,7-9,15H2,1-2H3,(H,16,18). The Bertz CT molecular complexity index is 409. The van der Waals surface area contributed by atoms with Crippen LogP contribution in [0.5, 0.6) is 0 Å². The molecule has 0 saturated heterocycles. The van der Waals surface area contributed by atoms with Crippen molar-refractivity contribution in [2.45, 2.75) is 20.0 Å². The van der Waals surface area contributed by atoms with Crippen LogP contribution in [0.1, 0.15) is 18.1 Å². The van der Waals surface area contributed by atoms with Gasteiger partial charge in [-0.15, -0.1) is 0 Å². The first-order valence-corrected chi connectivity index (χ1v) is 6.01. The number of carbonyl (C=O) groups excluding carboxylic acids is 1. The molecule has 0 radical (unpaired) electrons. The van der Waals surface area contributed by atoms with Crippen LogP contribution in [0.15, 0.2) is 18.2 Å². The Morgan fingerprint density at radius 1 is 1.50 bits per heavy atom. The maximum atomic E-state index is 13.3. The van der Waals surface area contributed by atoms with Crippen LogP contribution in [0.3, 0.4) is 0 Å². The molecule has 0 aliphatic rings. The zero-order valence-electron chi connectivity index (χ0n) is 10.9. The summed E-state index contributed by atoms with van der Waals surface area (Å²) in [6.45, 7) is 3.86. The summed E-state index contributed by atoms with van der Waals surface area (Å²) in [7, 11) is 1.61. The van der Waals surface area contributed by atoms with Gasteiger partial charge in [-0.1, -0.05) is 19.1 Å². The van der Waals surface area contributed by atoms with E-state index in [9.17, 15) is 9.18 Å². The van der Waals surface area contributed by atoms with Gasteiger partial charge in [-0.2, -0.15) is 0 Å². The summed E-state index contributed by atoms with van der Waals surface area (Å²) in [6, 6.07) is 4.90. The first-order chi connectivity index (χ1) is 8.60. The Hall–Kier alpha value is -1.46. The predicted octanol–water partition coefficient (Wildman–Crippen LogP) is 0.852. The van der Waals surface area contributed by atoms with Crippen LogP contribution in [-0.4, -0.2) is 30.9 Å². The van der Waals surface area contributed by atoms with Gasteiger partial charge >= 0.3 is 0 Å². The quantitative estimate of drug-likeness (QED) is 0.790. The van der Waals surface area contributed by atoms with E-state index in [1.807, 2.05) is 11.8 Å². The maximum Gasteiger partial charge on any atom is 0.233 e. The first kappa shape index (κ1) is 14.6. The molecule has 1 aromatic carbocycles. The number of nitrogens with two attached hydrogens (primary N) is 1. The molecule has 100 valence electrons. The molecular weight excluding hydrogens is 233 g/mol. The Morgan fingerprint density at radius 2 is 2.22 bits per heavy atom. The Balaban J connectivity index is 2.72. The summed E-state index contributed by atoms with van der Waals surface area (Å²) in [5.74, 6) is -0.311. The number of nitrogens with one attached hydrogen (secondary N) is 1. The monoisotopic (exact) mass is 253 g/mol. The van der Waals surface area contributed by atoms with Crippen molar-refractivity contribution in [3.05, 3.63) is 35.1 Å². The summed E-state index contributed by atoms with van der Waals surface area (Å²) >= 11 is 0. The average molecular weight is 253 g/mol. The molecule has 0 spiro atoms. The topological polar surface area (TPSA) is 58.4 Å². The average Bonchev–Trinajstić information content (AvgIpc) is 2.39. The van der Waals surface area contributed by atoms with Gasteiger partial charge in [-0.05, 0) is 18.2 Å². The van der Waals surface area contributed by atoms with Crippen LogP contribution in [0.25, 0.3) is 0 Å². The lowest BCUT2D eigenvalue weighted by molar-refractivity contribution is -0.121. The van der Waals surface area contributed by atoms with Crippen molar-refractivity contribution >= 4 is 5.91 Å². The fraction of sp³-hybridized carbons (Fsp3) is 0.462. The zero-order valence-corrected chi connectivity index (χ0v) is 10.9. The lowest BCUT2D eigenvalue weighted by atomic mass is 10.1. The summed E-state index contributed by atoms with van der Waals surface area (Å²) < 4.78 is 13.3. The number of hydrogen-bond acceptors (Lipinski definition) is 3. The number of likely N-dealkylation sites (N-methyl/N-ethyl adjacent to an activating group) is 2. The van der Waals surface area contributed by atoms with Crippen LogP contribution < -0.4 is 11.1 Å². The molecule has 0 aliphatic carbocycles. The van der Waals surface area contributed by atoms with Crippen molar-refractivity contribution < 1.29 is 9.18 Å². The smallest absolute Gasteiger partial charge is 0.233 e. The van der Waals surface area contributed by atoms with Gasteiger partial charge in [0.1, 0.15) is 5.82 Å². The molecule has 3 N–H and O–H groups in total. The fourth-order valence-electron chi connectivity index (χ4n) is 1.70. The van der Waals surface area contributed by atoms with Crippen molar-refractivity contribution in [3.8, 4) is 0 Å². The highest BCUT2D eigenvalue weighted by atomic mass is 19.1. The molecule has 0 unspecified atom stereocenters. The third-order valence-corrected chi connectivity index (χ3v) is 2.83. The summed E-state index contributed by atoms with van der Waals surface area (Å²) in [4.78, 5) is 13.3. The molecule has 0 aliphatic heterocycles. The maximum absolute atomic E-state index is 13.3. The first-order valence-electron chi connectivity index (χ1n) is 6.01. The van der Waals surface area contributed by atoms with E-state index in [1.54, 1.807) is 19.2 Å². The number of nitrogens with zero attached hydrogens (tertiary/aromatic N) is 1. The van der Waals surface area contributed by atoms with Gasteiger partial charge in [0.2, 0.25) is 5.91 Å². The minimum atomic E-state index is -0.282. The van der Waals surface area contributed by atoms with E-state index >= 15 is 0 Å². The SMILES string of the molecule is CCN(CC(=O)NC)Cc1ccc(F)c(CN)c1. The third kappa shape index (κ3) is 4.09. The van der Waals surface area contributed by atoms with Gasteiger partial charge in [0, 0.05) is 25.7 Å². The summed E-state index contributed by atoms with van der Waals surface area (Å²) in [5, 5.41) is 2.59.